The molecule has 2 amide bonds. The predicted octanol–water partition coefficient (Wildman–Crippen LogP) is 0.142. The number of amides is 2. The molecule has 110 valence electrons. The van der Waals surface area contributed by atoms with E-state index in [-0.39, 0.29) is 0 Å². The van der Waals surface area contributed by atoms with E-state index in [1.54, 1.807) is 18.3 Å². The number of ether oxygens (including phenoxy) is 2. The van der Waals surface area contributed by atoms with Gasteiger partial charge in [0.15, 0.2) is 0 Å². The zero-order valence-electron chi connectivity index (χ0n) is 11.7. The highest BCUT2D eigenvalue weighted by molar-refractivity contribution is 6.39. The zero-order valence-corrected chi connectivity index (χ0v) is 11.7. The lowest BCUT2D eigenvalue weighted by molar-refractivity contribution is -0.144. The first-order valence-electron chi connectivity index (χ1n) is 6.17. The minimum Gasteiger partial charge on any atom is -0.383 e. The van der Waals surface area contributed by atoms with E-state index in [1.165, 1.54) is 25.3 Å². The van der Waals surface area contributed by atoms with E-state index in [4.69, 9.17) is 9.47 Å². The molecule has 7 nitrogen and oxygen atoms in total. The van der Waals surface area contributed by atoms with Crippen LogP contribution in [-0.4, -0.2) is 62.2 Å². The van der Waals surface area contributed by atoms with Gasteiger partial charge in [-0.3, -0.25) is 14.6 Å². The van der Waals surface area contributed by atoms with Crippen LogP contribution < -0.4 is 5.32 Å². The Morgan fingerprint density at radius 3 is 2.40 bits per heavy atom. The summed E-state index contributed by atoms with van der Waals surface area (Å²) >= 11 is 0. The summed E-state index contributed by atoms with van der Waals surface area (Å²) in [6, 6.07) is 3.33. The summed E-state index contributed by atoms with van der Waals surface area (Å²) in [4.78, 5) is 29.2. The third-order valence-corrected chi connectivity index (χ3v) is 2.53. The molecule has 0 aromatic carbocycles. The Morgan fingerprint density at radius 1 is 1.25 bits per heavy atom. The van der Waals surface area contributed by atoms with Crippen molar-refractivity contribution >= 4 is 17.5 Å². The molecule has 0 saturated carbocycles. The third-order valence-electron chi connectivity index (χ3n) is 2.53. The molecule has 1 N–H and O–H groups in total. The maximum absolute atomic E-state index is 12.0. The highest BCUT2D eigenvalue weighted by atomic mass is 16.5. The fourth-order valence-electron chi connectivity index (χ4n) is 1.48. The number of methoxy groups -OCH3 is 2. The number of carbonyl (C=O) groups excluding carboxylic acids is 2. The van der Waals surface area contributed by atoms with Crippen LogP contribution in [0.4, 0.5) is 5.69 Å². The molecular formula is C13H19N3O4. The van der Waals surface area contributed by atoms with E-state index >= 15 is 0 Å². The Kier molecular flexibility index (Phi) is 7.23. The average Bonchev–Trinajstić information content (AvgIpc) is 2.48. The fraction of sp³-hybridized carbons (Fsp3) is 0.462. The van der Waals surface area contributed by atoms with Gasteiger partial charge in [-0.2, -0.15) is 0 Å². The average molecular weight is 281 g/mol. The van der Waals surface area contributed by atoms with Crippen molar-refractivity contribution in [3.05, 3.63) is 24.5 Å². The summed E-state index contributed by atoms with van der Waals surface area (Å²) in [6.07, 6.45) is 3.06. The van der Waals surface area contributed by atoms with Crippen LogP contribution in [0.25, 0.3) is 0 Å². The molecular weight excluding hydrogens is 262 g/mol. The molecule has 0 radical (unpaired) electrons. The third kappa shape index (κ3) is 5.33. The molecule has 0 atom stereocenters. The van der Waals surface area contributed by atoms with Crippen molar-refractivity contribution < 1.29 is 19.1 Å². The Morgan fingerprint density at radius 2 is 1.90 bits per heavy atom. The number of rotatable bonds is 7. The summed E-state index contributed by atoms with van der Waals surface area (Å²) in [5.41, 5.74) is 0.476. The highest BCUT2D eigenvalue weighted by Crippen LogP contribution is 2.03. The van der Waals surface area contributed by atoms with Crippen LogP contribution in [0.15, 0.2) is 24.5 Å². The van der Waals surface area contributed by atoms with E-state index in [9.17, 15) is 9.59 Å². The van der Waals surface area contributed by atoms with Crippen molar-refractivity contribution in [2.75, 3.05) is 45.8 Å². The lowest BCUT2D eigenvalue weighted by Gasteiger charge is -2.21. The molecule has 1 aromatic heterocycles. The number of nitrogens with one attached hydrogen (secondary N) is 1. The second-order valence-electron chi connectivity index (χ2n) is 3.97. The van der Waals surface area contributed by atoms with Crippen LogP contribution in [0.3, 0.4) is 0 Å². The molecule has 0 saturated heterocycles. The van der Waals surface area contributed by atoms with Crippen LogP contribution in [0, 0.1) is 0 Å². The first kappa shape index (κ1) is 16.1. The molecule has 0 aliphatic heterocycles. The first-order chi connectivity index (χ1) is 9.69. The smallest absolute Gasteiger partial charge is 0.313 e. The fourth-order valence-corrected chi connectivity index (χ4v) is 1.48. The molecule has 1 heterocycles. The molecule has 20 heavy (non-hydrogen) atoms. The Hall–Kier alpha value is -1.99. The van der Waals surface area contributed by atoms with Crippen LogP contribution >= 0.6 is 0 Å². The number of hydrogen-bond donors (Lipinski definition) is 1. The van der Waals surface area contributed by atoms with Gasteiger partial charge >= 0.3 is 11.8 Å². The number of pyridine rings is 1. The summed E-state index contributed by atoms with van der Waals surface area (Å²) in [5, 5.41) is 2.50. The lowest BCUT2D eigenvalue weighted by Crippen LogP contribution is -2.43. The summed E-state index contributed by atoms with van der Waals surface area (Å²) in [7, 11) is 3.07. The van der Waals surface area contributed by atoms with Crippen LogP contribution in [0.5, 0.6) is 0 Å². The van der Waals surface area contributed by atoms with Gasteiger partial charge < -0.3 is 19.7 Å². The van der Waals surface area contributed by atoms with Gasteiger partial charge in [0.25, 0.3) is 0 Å². The summed E-state index contributed by atoms with van der Waals surface area (Å²) in [5.74, 6) is -1.33. The lowest BCUT2D eigenvalue weighted by atomic mass is 10.3. The zero-order chi connectivity index (χ0) is 14.8. The molecule has 1 rings (SSSR count). The van der Waals surface area contributed by atoms with Gasteiger partial charge in [0.05, 0.1) is 25.1 Å². The number of hydrogen-bond acceptors (Lipinski definition) is 5. The van der Waals surface area contributed by atoms with E-state index in [2.05, 4.69) is 10.3 Å². The molecule has 1 aromatic rings. The Bertz CT molecular complexity index is 417. The Balaban J connectivity index is 2.60. The number of carbonyl (C=O) groups is 2. The SMILES string of the molecule is COCCN(CCOC)C(=O)C(=O)Nc1cccnc1. The van der Waals surface area contributed by atoms with Crippen molar-refractivity contribution in [3.63, 3.8) is 0 Å². The Labute approximate surface area is 117 Å². The molecule has 0 unspecified atom stereocenters. The number of aromatic nitrogens is 1. The summed E-state index contributed by atoms with van der Waals surface area (Å²) < 4.78 is 9.85. The van der Waals surface area contributed by atoms with Gasteiger partial charge in [0, 0.05) is 33.5 Å². The molecule has 0 aliphatic carbocycles. The van der Waals surface area contributed by atoms with Crippen molar-refractivity contribution in [1.29, 1.82) is 0 Å². The highest BCUT2D eigenvalue weighted by Gasteiger charge is 2.21. The molecule has 7 heteroatoms. The van der Waals surface area contributed by atoms with Gasteiger partial charge in [-0.25, -0.2) is 0 Å². The van der Waals surface area contributed by atoms with Gasteiger partial charge in [0.2, 0.25) is 0 Å². The standard InChI is InChI=1S/C13H19N3O4/c1-19-8-6-16(7-9-20-2)13(18)12(17)15-11-4-3-5-14-10-11/h3-5,10H,6-9H2,1-2H3,(H,15,17). The molecule has 0 aliphatic rings. The van der Waals surface area contributed by atoms with Crippen LogP contribution in [0.2, 0.25) is 0 Å². The van der Waals surface area contributed by atoms with Crippen molar-refractivity contribution in [2.45, 2.75) is 0 Å². The monoisotopic (exact) mass is 281 g/mol. The van der Waals surface area contributed by atoms with Gasteiger partial charge in [-0.15, -0.1) is 0 Å². The van der Waals surface area contributed by atoms with Crippen LogP contribution in [-0.2, 0) is 19.1 Å². The van der Waals surface area contributed by atoms with Gasteiger partial charge in [-0.05, 0) is 12.1 Å². The second-order valence-corrected chi connectivity index (χ2v) is 3.97. The van der Waals surface area contributed by atoms with E-state index in [1.807, 2.05) is 0 Å². The molecule has 0 fully saturated rings. The quantitative estimate of drug-likeness (QED) is 0.719. The number of anilines is 1. The normalized spacial score (nSPS) is 10.1. The number of nitrogens with zero attached hydrogens (tertiary/aromatic N) is 2. The summed E-state index contributed by atoms with van der Waals surface area (Å²) in [6.45, 7) is 1.38. The molecule has 0 bridgehead atoms. The second kappa shape index (κ2) is 9.00. The predicted molar refractivity (Wildman–Crippen MR) is 73.2 cm³/mol. The molecule has 0 spiro atoms. The van der Waals surface area contributed by atoms with Crippen molar-refractivity contribution in [3.8, 4) is 0 Å². The maximum Gasteiger partial charge on any atom is 0.313 e. The van der Waals surface area contributed by atoms with Crippen molar-refractivity contribution in [1.82, 2.24) is 9.88 Å². The topological polar surface area (TPSA) is 80.8 Å². The van der Waals surface area contributed by atoms with E-state index in [0.717, 1.165) is 0 Å². The maximum atomic E-state index is 12.0. The largest absolute Gasteiger partial charge is 0.383 e. The first-order valence-corrected chi connectivity index (χ1v) is 6.17. The van der Waals surface area contributed by atoms with Crippen molar-refractivity contribution in [2.24, 2.45) is 0 Å². The van der Waals surface area contributed by atoms with Crippen LogP contribution in [0.1, 0.15) is 0 Å². The van der Waals surface area contributed by atoms with Gasteiger partial charge in [0.1, 0.15) is 0 Å². The van der Waals surface area contributed by atoms with Gasteiger partial charge in [-0.1, -0.05) is 0 Å². The van der Waals surface area contributed by atoms with E-state index in [0.29, 0.717) is 32.0 Å². The minimum atomic E-state index is -0.704. The van der Waals surface area contributed by atoms with E-state index < -0.39 is 11.8 Å². The minimum absolute atomic E-state index is 0.332.